The lowest BCUT2D eigenvalue weighted by Gasteiger charge is -2.25. The van der Waals surface area contributed by atoms with Crippen LogP contribution in [0.1, 0.15) is 53.6 Å². The summed E-state index contributed by atoms with van der Waals surface area (Å²) in [5.74, 6) is 0.556. The number of benzene rings is 1. The van der Waals surface area contributed by atoms with Gasteiger partial charge in [-0.1, -0.05) is 12.1 Å². The second-order valence-electron chi connectivity index (χ2n) is 5.81. The maximum atomic E-state index is 12.5. The average molecular weight is 243 g/mol. The molecule has 0 atom stereocenters. The van der Waals surface area contributed by atoms with E-state index in [2.05, 4.69) is 12.1 Å². The van der Waals surface area contributed by atoms with Crippen molar-refractivity contribution in [1.82, 2.24) is 0 Å². The number of hydrogen-bond acceptors (Lipinski definition) is 2. The van der Waals surface area contributed by atoms with Gasteiger partial charge in [-0.2, -0.15) is 0 Å². The number of rotatable bonds is 2. The number of Topliss-reactive ketones (excluding diaryl/α,β-unsaturated/α-hetero) is 1. The molecular weight excluding hydrogens is 222 g/mol. The fourth-order valence-electron chi connectivity index (χ4n) is 3.34. The first kappa shape index (κ1) is 11.9. The van der Waals surface area contributed by atoms with Crippen molar-refractivity contribution in [2.24, 2.45) is 11.7 Å². The lowest BCUT2D eigenvalue weighted by Crippen LogP contribution is -2.29. The van der Waals surface area contributed by atoms with Crippen LogP contribution in [0.25, 0.3) is 0 Å². The lowest BCUT2D eigenvalue weighted by molar-refractivity contribution is 0.0884. The molecule has 0 spiro atoms. The number of ketones is 1. The summed E-state index contributed by atoms with van der Waals surface area (Å²) in [7, 11) is 0. The Morgan fingerprint density at radius 1 is 1.06 bits per heavy atom. The van der Waals surface area contributed by atoms with Crippen molar-refractivity contribution < 1.29 is 4.79 Å². The van der Waals surface area contributed by atoms with Gasteiger partial charge in [-0.05, 0) is 62.1 Å². The highest BCUT2D eigenvalue weighted by Crippen LogP contribution is 2.29. The van der Waals surface area contributed by atoms with E-state index in [9.17, 15) is 4.79 Å². The topological polar surface area (TPSA) is 43.1 Å². The molecule has 1 aromatic carbocycles. The third-order valence-electron chi connectivity index (χ3n) is 4.53. The van der Waals surface area contributed by atoms with Gasteiger partial charge in [0.2, 0.25) is 0 Å². The monoisotopic (exact) mass is 243 g/mol. The molecule has 2 aliphatic rings. The molecule has 96 valence electrons. The number of carbonyl (C=O) groups excluding carboxylic acids is 1. The average Bonchev–Trinajstić information content (AvgIpc) is 2.86. The Bertz CT molecular complexity index is 458. The van der Waals surface area contributed by atoms with Crippen LogP contribution < -0.4 is 5.73 Å². The molecule has 2 nitrogen and oxygen atoms in total. The second-order valence-corrected chi connectivity index (χ2v) is 5.81. The standard InChI is InChI=1S/C16H21NO/c17-15-8-6-12(7-9-15)16(18)14-5-4-11-2-1-3-13(11)10-14/h4-5,10,12,15H,1-3,6-9,17H2. The molecule has 0 bridgehead atoms. The van der Waals surface area contributed by atoms with Gasteiger partial charge in [0.25, 0.3) is 0 Å². The normalized spacial score (nSPS) is 26.9. The fourth-order valence-corrected chi connectivity index (χ4v) is 3.34. The Labute approximate surface area is 109 Å². The predicted octanol–water partition coefficient (Wildman–Crippen LogP) is 2.88. The van der Waals surface area contributed by atoms with Crippen LogP contribution in [0, 0.1) is 5.92 Å². The highest BCUT2D eigenvalue weighted by molar-refractivity contribution is 5.98. The zero-order valence-electron chi connectivity index (χ0n) is 10.8. The summed E-state index contributed by atoms with van der Waals surface area (Å²) in [5.41, 5.74) is 9.66. The van der Waals surface area contributed by atoms with Gasteiger partial charge in [0.15, 0.2) is 5.78 Å². The quantitative estimate of drug-likeness (QED) is 0.812. The molecule has 0 amide bonds. The fraction of sp³-hybridized carbons (Fsp3) is 0.562. The van der Waals surface area contributed by atoms with Gasteiger partial charge < -0.3 is 5.73 Å². The molecule has 0 heterocycles. The van der Waals surface area contributed by atoms with Crippen LogP contribution in [0.4, 0.5) is 0 Å². The Morgan fingerprint density at radius 2 is 1.78 bits per heavy atom. The smallest absolute Gasteiger partial charge is 0.165 e. The molecule has 1 saturated carbocycles. The van der Waals surface area contributed by atoms with E-state index in [1.807, 2.05) is 6.07 Å². The van der Waals surface area contributed by atoms with Gasteiger partial charge in [-0.15, -0.1) is 0 Å². The van der Waals surface area contributed by atoms with E-state index < -0.39 is 0 Å². The zero-order chi connectivity index (χ0) is 12.5. The first-order chi connectivity index (χ1) is 8.74. The van der Waals surface area contributed by atoms with Gasteiger partial charge >= 0.3 is 0 Å². The minimum absolute atomic E-state index is 0.212. The summed E-state index contributed by atoms with van der Waals surface area (Å²) in [6, 6.07) is 6.64. The Morgan fingerprint density at radius 3 is 2.56 bits per heavy atom. The first-order valence-electron chi connectivity index (χ1n) is 7.15. The summed E-state index contributed by atoms with van der Waals surface area (Å²) < 4.78 is 0. The van der Waals surface area contributed by atoms with Crippen molar-refractivity contribution in [3.63, 3.8) is 0 Å². The summed E-state index contributed by atoms with van der Waals surface area (Å²) in [6.45, 7) is 0. The number of hydrogen-bond donors (Lipinski definition) is 1. The van der Waals surface area contributed by atoms with Gasteiger partial charge in [0.05, 0.1) is 0 Å². The molecule has 1 fully saturated rings. The Kier molecular flexibility index (Phi) is 3.21. The van der Waals surface area contributed by atoms with E-state index in [-0.39, 0.29) is 5.92 Å². The van der Waals surface area contributed by atoms with E-state index in [1.54, 1.807) is 0 Å². The van der Waals surface area contributed by atoms with Crippen LogP contribution in [-0.4, -0.2) is 11.8 Å². The molecule has 1 aromatic rings. The van der Waals surface area contributed by atoms with Crippen LogP contribution >= 0.6 is 0 Å². The SMILES string of the molecule is NC1CCC(C(=O)c2ccc3c(c2)CCC3)CC1. The summed E-state index contributed by atoms with van der Waals surface area (Å²) in [6.07, 6.45) is 7.51. The number of carbonyl (C=O) groups is 1. The minimum Gasteiger partial charge on any atom is -0.328 e. The van der Waals surface area contributed by atoms with Crippen molar-refractivity contribution in [2.45, 2.75) is 51.0 Å². The maximum Gasteiger partial charge on any atom is 0.165 e. The van der Waals surface area contributed by atoms with E-state index in [4.69, 9.17) is 5.73 Å². The van der Waals surface area contributed by atoms with Crippen LogP contribution in [0.2, 0.25) is 0 Å². The number of fused-ring (bicyclic) bond motifs is 1. The molecule has 2 N–H and O–H groups in total. The lowest BCUT2D eigenvalue weighted by atomic mass is 9.81. The van der Waals surface area contributed by atoms with E-state index in [0.29, 0.717) is 11.8 Å². The third-order valence-corrected chi connectivity index (χ3v) is 4.53. The molecule has 0 radical (unpaired) electrons. The molecule has 0 saturated heterocycles. The molecular formula is C16H21NO. The van der Waals surface area contributed by atoms with Gasteiger partial charge in [-0.3, -0.25) is 4.79 Å². The van der Waals surface area contributed by atoms with Crippen LogP contribution in [0.5, 0.6) is 0 Å². The molecule has 0 aliphatic heterocycles. The molecule has 2 heteroatoms. The summed E-state index contributed by atoms with van der Waals surface area (Å²) in [4.78, 5) is 12.5. The van der Waals surface area contributed by atoms with E-state index in [1.165, 1.54) is 24.0 Å². The number of aryl methyl sites for hydroxylation is 2. The van der Waals surface area contributed by atoms with E-state index in [0.717, 1.165) is 37.7 Å². The third kappa shape index (κ3) is 2.22. The van der Waals surface area contributed by atoms with Gasteiger partial charge in [0.1, 0.15) is 0 Å². The molecule has 3 rings (SSSR count). The van der Waals surface area contributed by atoms with Crippen molar-refractivity contribution in [3.05, 3.63) is 34.9 Å². The second kappa shape index (κ2) is 4.85. The van der Waals surface area contributed by atoms with E-state index >= 15 is 0 Å². The highest BCUT2D eigenvalue weighted by Gasteiger charge is 2.26. The molecule has 0 aromatic heterocycles. The van der Waals surface area contributed by atoms with Crippen LogP contribution in [-0.2, 0) is 12.8 Å². The minimum atomic E-state index is 0.212. The van der Waals surface area contributed by atoms with Crippen molar-refractivity contribution in [3.8, 4) is 0 Å². The van der Waals surface area contributed by atoms with Crippen LogP contribution in [0.15, 0.2) is 18.2 Å². The summed E-state index contributed by atoms with van der Waals surface area (Å²) in [5, 5.41) is 0. The number of nitrogens with two attached hydrogens (primary N) is 1. The first-order valence-corrected chi connectivity index (χ1v) is 7.15. The largest absolute Gasteiger partial charge is 0.328 e. The maximum absolute atomic E-state index is 12.5. The summed E-state index contributed by atoms with van der Waals surface area (Å²) >= 11 is 0. The molecule has 18 heavy (non-hydrogen) atoms. The molecule has 0 unspecified atom stereocenters. The highest BCUT2D eigenvalue weighted by atomic mass is 16.1. The Hall–Kier alpha value is -1.15. The van der Waals surface area contributed by atoms with Crippen LogP contribution in [0.3, 0.4) is 0 Å². The molecule has 2 aliphatic carbocycles. The Balaban J connectivity index is 1.76. The van der Waals surface area contributed by atoms with Crippen molar-refractivity contribution in [1.29, 1.82) is 0 Å². The van der Waals surface area contributed by atoms with Crippen molar-refractivity contribution >= 4 is 5.78 Å². The van der Waals surface area contributed by atoms with Crippen molar-refractivity contribution in [2.75, 3.05) is 0 Å². The predicted molar refractivity (Wildman–Crippen MR) is 72.7 cm³/mol. The zero-order valence-corrected chi connectivity index (χ0v) is 10.8. The van der Waals surface area contributed by atoms with Gasteiger partial charge in [-0.25, -0.2) is 0 Å². The van der Waals surface area contributed by atoms with Gasteiger partial charge in [0, 0.05) is 17.5 Å².